The minimum Gasteiger partial charge on any atom is -0.489 e. The molecule has 34 heavy (non-hydrogen) atoms. The van der Waals surface area contributed by atoms with Crippen LogP contribution in [0.4, 0.5) is 5.69 Å². The van der Waals surface area contributed by atoms with E-state index < -0.39 is 5.92 Å². The summed E-state index contributed by atoms with van der Waals surface area (Å²) in [6, 6.07) is 22.9. The van der Waals surface area contributed by atoms with E-state index in [9.17, 15) is 9.59 Å². The molecular formula is C27H26N2O5. The van der Waals surface area contributed by atoms with Gasteiger partial charge in [-0.05, 0) is 35.4 Å². The maximum Gasteiger partial charge on any atom is 0.227 e. The maximum absolute atomic E-state index is 12.9. The third-order valence-electron chi connectivity index (χ3n) is 6.04. The van der Waals surface area contributed by atoms with Gasteiger partial charge in [-0.2, -0.15) is 0 Å². The van der Waals surface area contributed by atoms with Crippen LogP contribution in [0.3, 0.4) is 0 Å². The topological polar surface area (TPSA) is 77.1 Å². The number of carbonyl (C=O) groups excluding carboxylic acids is 2. The molecule has 1 atom stereocenters. The SMILES string of the molecule is O=C(NCc1ccccc1COc1ccccc1)C1CC(=O)N(c2ccc3c(c2)OCCO3)C1. The Morgan fingerprint density at radius 1 is 0.941 bits per heavy atom. The van der Waals surface area contributed by atoms with Crippen molar-refractivity contribution in [2.75, 3.05) is 24.7 Å². The first-order valence-corrected chi connectivity index (χ1v) is 11.4. The number of para-hydroxylation sites is 1. The minimum atomic E-state index is -0.409. The van der Waals surface area contributed by atoms with Crippen LogP contribution < -0.4 is 24.4 Å². The second-order valence-corrected chi connectivity index (χ2v) is 8.32. The molecule has 2 heterocycles. The fourth-order valence-electron chi connectivity index (χ4n) is 4.21. The van der Waals surface area contributed by atoms with E-state index in [0.717, 1.165) is 16.9 Å². The normalized spacial score (nSPS) is 16.9. The molecule has 7 heteroatoms. The largest absolute Gasteiger partial charge is 0.489 e. The van der Waals surface area contributed by atoms with Crippen LogP contribution in [0, 0.1) is 5.92 Å². The van der Waals surface area contributed by atoms with Crippen LogP contribution in [0.15, 0.2) is 72.8 Å². The summed E-state index contributed by atoms with van der Waals surface area (Å²) in [4.78, 5) is 27.2. The van der Waals surface area contributed by atoms with Gasteiger partial charge in [-0.15, -0.1) is 0 Å². The van der Waals surface area contributed by atoms with Gasteiger partial charge in [0, 0.05) is 31.3 Å². The van der Waals surface area contributed by atoms with Gasteiger partial charge < -0.3 is 24.4 Å². The van der Waals surface area contributed by atoms with Crippen molar-refractivity contribution in [3.8, 4) is 17.2 Å². The molecule has 0 aromatic heterocycles. The number of amides is 2. The van der Waals surface area contributed by atoms with Gasteiger partial charge >= 0.3 is 0 Å². The summed E-state index contributed by atoms with van der Waals surface area (Å²) in [5.74, 6) is 1.48. The Bertz CT molecular complexity index is 1180. The zero-order chi connectivity index (χ0) is 23.3. The summed E-state index contributed by atoms with van der Waals surface area (Å²) < 4.78 is 17.1. The predicted octanol–water partition coefficient (Wildman–Crippen LogP) is 3.71. The van der Waals surface area contributed by atoms with Crippen LogP contribution in [0.25, 0.3) is 0 Å². The average Bonchev–Trinajstić information content (AvgIpc) is 3.28. The molecule has 1 fully saturated rings. The Kier molecular flexibility index (Phi) is 6.33. The van der Waals surface area contributed by atoms with Gasteiger partial charge in [0.2, 0.25) is 11.8 Å². The van der Waals surface area contributed by atoms with Gasteiger partial charge in [0.1, 0.15) is 25.6 Å². The lowest BCUT2D eigenvalue weighted by atomic mass is 10.1. The summed E-state index contributed by atoms with van der Waals surface area (Å²) in [5.41, 5.74) is 2.71. The monoisotopic (exact) mass is 458 g/mol. The van der Waals surface area contributed by atoms with Gasteiger partial charge in [-0.25, -0.2) is 0 Å². The second kappa shape index (κ2) is 9.87. The van der Waals surface area contributed by atoms with Crippen molar-refractivity contribution in [3.05, 3.63) is 83.9 Å². The average molecular weight is 459 g/mol. The number of ether oxygens (including phenoxy) is 3. The molecule has 0 spiro atoms. The summed E-state index contributed by atoms with van der Waals surface area (Å²) in [5, 5.41) is 3.00. The summed E-state index contributed by atoms with van der Waals surface area (Å²) in [6.45, 7) is 2.12. The number of hydrogen-bond donors (Lipinski definition) is 1. The predicted molar refractivity (Wildman–Crippen MR) is 127 cm³/mol. The van der Waals surface area contributed by atoms with Gasteiger partial charge in [-0.1, -0.05) is 42.5 Å². The number of fused-ring (bicyclic) bond motifs is 1. The quantitative estimate of drug-likeness (QED) is 0.584. The molecule has 3 aromatic rings. The highest BCUT2D eigenvalue weighted by Gasteiger charge is 2.35. The van der Waals surface area contributed by atoms with Gasteiger partial charge in [-0.3, -0.25) is 9.59 Å². The molecule has 174 valence electrons. The highest BCUT2D eigenvalue weighted by Crippen LogP contribution is 2.36. The lowest BCUT2D eigenvalue weighted by molar-refractivity contribution is -0.126. The first-order valence-electron chi connectivity index (χ1n) is 11.4. The Hall–Kier alpha value is -4.00. The summed E-state index contributed by atoms with van der Waals surface area (Å²) in [7, 11) is 0. The van der Waals surface area contributed by atoms with Crippen LogP contribution in [-0.4, -0.2) is 31.6 Å². The van der Waals surface area contributed by atoms with E-state index in [-0.39, 0.29) is 18.2 Å². The smallest absolute Gasteiger partial charge is 0.227 e. The summed E-state index contributed by atoms with van der Waals surface area (Å²) >= 11 is 0. The fourth-order valence-corrected chi connectivity index (χ4v) is 4.21. The molecule has 1 saturated heterocycles. The highest BCUT2D eigenvalue weighted by atomic mass is 16.6. The lowest BCUT2D eigenvalue weighted by Gasteiger charge is -2.22. The van der Waals surface area contributed by atoms with Gasteiger partial charge in [0.25, 0.3) is 0 Å². The Labute approximate surface area is 198 Å². The van der Waals surface area contributed by atoms with Crippen molar-refractivity contribution < 1.29 is 23.8 Å². The van der Waals surface area contributed by atoms with Crippen molar-refractivity contribution in [1.82, 2.24) is 5.32 Å². The first kappa shape index (κ1) is 21.8. The molecule has 2 aliphatic rings. The van der Waals surface area contributed by atoms with Gasteiger partial charge in [0.05, 0.1) is 5.92 Å². The molecule has 3 aromatic carbocycles. The van der Waals surface area contributed by atoms with Gasteiger partial charge in [0.15, 0.2) is 11.5 Å². The number of nitrogens with one attached hydrogen (secondary N) is 1. The third kappa shape index (κ3) is 4.83. The first-order chi connectivity index (χ1) is 16.7. The van der Waals surface area contributed by atoms with Crippen molar-refractivity contribution in [2.24, 2.45) is 5.92 Å². The molecule has 0 bridgehead atoms. The molecule has 0 radical (unpaired) electrons. The molecular weight excluding hydrogens is 432 g/mol. The zero-order valence-corrected chi connectivity index (χ0v) is 18.7. The second-order valence-electron chi connectivity index (χ2n) is 8.32. The van der Waals surface area contributed by atoms with E-state index >= 15 is 0 Å². The molecule has 2 aliphatic heterocycles. The van der Waals surface area contributed by atoms with E-state index in [1.54, 1.807) is 17.0 Å². The van der Waals surface area contributed by atoms with E-state index in [0.29, 0.717) is 50.1 Å². The number of benzene rings is 3. The van der Waals surface area contributed by atoms with Crippen LogP contribution in [-0.2, 0) is 22.7 Å². The Balaban J connectivity index is 1.19. The highest BCUT2D eigenvalue weighted by molar-refractivity contribution is 6.00. The molecule has 1 unspecified atom stereocenters. The van der Waals surface area contributed by atoms with Crippen LogP contribution >= 0.6 is 0 Å². The van der Waals surface area contributed by atoms with Crippen LogP contribution in [0.1, 0.15) is 17.5 Å². The van der Waals surface area contributed by atoms with E-state index in [2.05, 4.69) is 5.32 Å². The molecule has 2 amide bonds. The minimum absolute atomic E-state index is 0.0755. The molecule has 7 nitrogen and oxygen atoms in total. The number of carbonyl (C=O) groups is 2. The number of anilines is 1. The van der Waals surface area contributed by atoms with Crippen molar-refractivity contribution in [3.63, 3.8) is 0 Å². The fraction of sp³-hybridized carbons (Fsp3) is 0.259. The van der Waals surface area contributed by atoms with Crippen molar-refractivity contribution in [2.45, 2.75) is 19.6 Å². The summed E-state index contributed by atoms with van der Waals surface area (Å²) in [6.07, 6.45) is 0.180. The Morgan fingerprint density at radius 3 is 2.50 bits per heavy atom. The van der Waals surface area contributed by atoms with E-state index in [1.165, 1.54) is 0 Å². The molecule has 0 saturated carbocycles. The van der Waals surface area contributed by atoms with Crippen LogP contribution in [0.2, 0.25) is 0 Å². The molecule has 1 N–H and O–H groups in total. The standard InChI is InChI=1S/C27H26N2O5/c30-26-14-21(17-29(26)22-10-11-24-25(15-22)33-13-12-32-24)27(31)28-16-19-6-4-5-7-20(19)18-34-23-8-2-1-3-9-23/h1-11,15,21H,12-14,16-18H2,(H,28,31). The van der Waals surface area contributed by atoms with E-state index in [4.69, 9.17) is 14.2 Å². The lowest BCUT2D eigenvalue weighted by Crippen LogP contribution is -2.33. The van der Waals surface area contributed by atoms with Crippen molar-refractivity contribution >= 4 is 17.5 Å². The third-order valence-corrected chi connectivity index (χ3v) is 6.04. The van der Waals surface area contributed by atoms with Crippen molar-refractivity contribution in [1.29, 1.82) is 0 Å². The maximum atomic E-state index is 12.9. The van der Waals surface area contributed by atoms with E-state index in [1.807, 2.05) is 60.7 Å². The number of rotatable bonds is 7. The zero-order valence-electron chi connectivity index (χ0n) is 18.7. The molecule has 5 rings (SSSR count). The van der Waals surface area contributed by atoms with Crippen LogP contribution in [0.5, 0.6) is 17.2 Å². The molecule has 0 aliphatic carbocycles. The number of nitrogens with zero attached hydrogens (tertiary/aromatic N) is 1. The number of hydrogen-bond acceptors (Lipinski definition) is 5. The Morgan fingerprint density at radius 2 is 1.68 bits per heavy atom.